The van der Waals surface area contributed by atoms with E-state index in [2.05, 4.69) is 41.2 Å². The van der Waals surface area contributed by atoms with Crippen molar-refractivity contribution >= 4 is 17.5 Å². The van der Waals surface area contributed by atoms with Crippen LogP contribution in [0.3, 0.4) is 0 Å². The molecule has 2 amide bonds. The summed E-state index contributed by atoms with van der Waals surface area (Å²) in [6.07, 6.45) is 13.2. The summed E-state index contributed by atoms with van der Waals surface area (Å²) in [4.78, 5) is 34.8. The second-order valence-electron chi connectivity index (χ2n) is 12.0. The number of fused-ring (bicyclic) bond motifs is 1. The lowest BCUT2D eigenvalue weighted by molar-refractivity contribution is -0.122. The van der Waals surface area contributed by atoms with E-state index in [1.165, 1.54) is 36.9 Å². The van der Waals surface area contributed by atoms with Gasteiger partial charge in [-0.1, -0.05) is 45.6 Å². The summed E-state index contributed by atoms with van der Waals surface area (Å²) in [6, 6.07) is 10.4. The Hall–Kier alpha value is -2.89. The van der Waals surface area contributed by atoms with Crippen LogP contribution in [0, 0.1) is 5.92 Å². The molecule has 198 valence electrons. The molecular weight excluding hydrogens is 460 g/mol. The van der Waals surface area contributed by atoms with Crippen molar-refractivity contribution in [1.82, 2.24) is 15.2 Å². The zero-order valence-electron chi connectivity index (χ0n) is 22.7. The molecule has 1 aromatic heterocycles. The first kappa shape index (κ1) is 25.7. The summed E-state index contributed by atoms with van der Waals surface area (Å²) in [5.41, 5.74) is 4.26. The van der Waals surface area contributed by atoms with Crippen LogP contribution in [0.25, 0.3) is 0 Å². The summed E-state index contributed by atoms with van der Waals surface area (Å²) in [7, 11) is 1.94. The Bertz CT molecular complexity index is 1100. The Morgan fingerprint density at radius 1 is 1.05 bits per heavy atom. The molecule has 0 spiro atoms. The number of rotatable bonds is 7. The number of amides is 2. The van der Waals surface area contributed by atoms with Crippen molar-refractivity contribution in [2.45, 2.75) is 89.1 Å². The highest BCUT2D eigenvalue weighted by Crippen LogP contribution is 2.45. The quantitative estimate of drug-likeness (QED) is 0.533. The van der Waals surface area contributed by atoms with Crippen molar-refractivity contribution in [2.24, 2.45) is 5.92 Å². The number of carbonyl (C=O) groups is 2. The van der Waals surface area contributed by atoms with Crippen LogP contribution in [0.1, 0.15) is 99.2 Å². The lowest BCUT2D eigenvalue weighted by atomic mass is 9.86. The van der Waals surface area contributed by atoms with Crippen molar-refractivity contribution in [3.8, 4) is 0 Å². The van der Waals surface area contributed by atoms with Crippen molar-refractivity contribution in [1.29, 1.82) is 0 Å². The largest absolute Gasteiger partial charge is 0.371 e. The van der Waals surface area contributed by atoms with Gasteiger partial charge in [-0.3, -0.25) is 14.6 Å². The van der Waals surface area contributed by atoms with Crippen LogP contribution in [0.4, 0.5) is 5.69 Å². The van der Waals surface area contributed by atoms with Gasteiger partial charge in [-0.25, -0.2) is 0 Å². The average Bonchev–Trinajstić information content (AvgIpc) is 3.53. The predicted octanol–water partition coefficient (Wildman–Crippen LogP) is 5.63. The summed E-state index contributed by atoms with van der Waals surface area (Å²) in [6.45, 7) is 6.33. The van der Waals surface area contributed by atoms with Gasteiger partial charge >= 0.3 is 0 Å². The van der Waals surface area contributed by atoms with Crippen LogP contribution >= 0.6 is 0 Å². The van der Waals surface area contributed by atoms with Gasteiger partial charge in [-0.2, -0.15) is 0 Å². The molecule has 1 atom stereocenters. The number of piperidine rings is 1. The molecule has 1 aromatic carbocycles. The normalized spacial score (nSPS) is 21.6. The third-order valence-electron chi connectivity index (χ3n) is 9.07. The van der Waals surface area contributed by atoms with E-state index in [1.54, 1.807) is 0 Å². The van der Waals surface area contributed by atoms with Crippen molar-refractivity contribution < 1.29 is 9.59 Å². The molecule has 2 fully saturated rings. The fourth-order valence-corrected chi connectivity index (χ4v) is 6.80. The van der Waals surface area contributed by atoms with Gasteiger partial charge in [0, 0.05) is 56.2 Å². The molecule has 1 N–H and O–H groups in total. The molecule has 37 heavy (non-hydrogen) atoms. The molecule has 6 heteroatoms. The van der Waals surface area contributed by atoms with E-state index in [4.69, 9.17) is 0 Å². The second-order valence-corrected chi connectivity index (χ2v) is 12.0. The zero-order chi connectivity index (χ0) is 26.0. The van der Waals surface area contributed by atoms with Gasteiger partial charge < -0.3 is 15.1 Å². The van der Waals surface area contributed by atoms with E-state index in [0.29, 0.717) is 6.42 Å². The number of anilines is 1. The van der Waals surface area contributed by atoms with Crippen LogP contribution in [0.5, 0.6) is 0 Å². The molecule has 1 unspecified atom stereocenters. The molecule has 2 aromatic rings. The monoisotopic (exact) mass is 502 g/mol. The Kier molecular flexibility index (Phi) is 7.55. The topological polar surface area (TPSA) is 65.5 Å². The first-order valence-electron chi connectivity index (χ1n) is 14.2. The molecule has 1 aliphatic heterocycles. The van der Waals surface area contributed by atoms with E-state index in [0.717, 1.165) is 55.8 Å². The smallest absolute Gasteiger partial charge is 0.253 e. The lowest BCUT2D eigenvalue weighted by Crippen LogP contribution is -2.45. The van der Waals surface area contributed by atoms with Gasteiger partial charge in [0.25, 0.3) is 5.91 Å². The molecule has 0 radical (unpaired) electrons. The predicted molar refractivity (Wildman–Crippen MR) is 148 cm³/mol. The summed E-state index contributed by atoms with van der Waals surface area (Å²) in [5, 5.41) is 3.32. The summed E-state index contributed by atoms with van der Waals surface area (Å²) < 4.78 is 0. The molecule has 1 saturated carbocycles. The Balaban J connectivity index is 1.23. The van der Waals surface area contributed by atoms with Crippen LogP contribution in [0.15, 0.2) is 42.7 Å². The number of hydrogen-bond acceptors (Lipinski definition) is 4. The fourth-order valence-electron chi connectivity index (χ4n) is 6.80. The van der Waals surface area contributed by atoms with Crippen molar-refractivity contribution in [3.05, 3.63) is 59.4 Å². The third-order valence-corrected chi connectivity index (χ3v) is 9.07. The summed E-state index contributed by atoms with van der Waals surface area (Å²) in [5.74, 6) is 0.936. The molecular formula is C31H42N4O2. The minimum absolute atomic E-state index is 0.0218. The number of nitrogens with zero attached hydrogens (tertiary/aromatic N) is 3. The highest BCUT2D eigenvalue weighted by Gasteiger charge is 2.38. The van der Waals surface area contributed by atoms with Crippen LogP contribution < -0.4 is 10.2 Å². The van der Waals surface area contributed by atoms with E-state index >= 15 is 0 Å². The maximum atomic E-state index is 13.6. The minimum atomic E-state index is -0.0252. The number of carbonyl (C=O) groups excluding carboxylic acids is 2. The SMILES string of the molecule is CN(C(=O)c1ccc2c(c1)C(NC(=O)CCC1CCCC1)CC2(C)C)C1CCN(c2ccncc2)CC1. The molecule has 1 saturated heterocycles. The maximum Gasteiger partial charge on any atom is 0.253 e. The van der Waals surface area contributed by atoms with Crippen molar-refractivity contribution in [3.63, 3.8) is 0 Å². The minimum Gasteiger partial charge on any atom is -0.371 e. The van der Waals surface area contributed by atoms with Crippen LogP contribution in [0.2, 0.25) is 0 Å². The Morgan fingerprint density at radius 2 is 1.76 bits per heavy atom. The highest BCUT2D eigenvalue weighted by molar-refractivity contribution is 5.94. The average molecular weight is 503 g/mol. The van der Waals surface area contributed by atoms with Gasteiger partial charge in [0.15, 0.2) is 0 Å². The second kappa shape index (κ2) is 10.8. The Labute approximate surface area is 221 Å². The molecule has 3 aliphatic rings. The number of hydrogen-bond donors (Lipinski definition) is 1. The fraction of sp³-hybridized carbons (Fsp3) is 0.581. The van der Waals surface area contributed by atoms with Gasteiger partial charge in [0.1, 0.15) is 0 Å². The first-order valence-corrected chi connectivity index (χ1v) is 14.2. The van der Waals surface area contributed by atoms with Crippen LogP contribution in [-0.2, 0) is 10.2 Å². The lowest BCUT2D eigenvalue weighted by Gasteiger charge is -2.38. The van der Waals surface area contributed by atoms with Crippen molar-refractivity contribution in [2.75, 3.05) is 25.0 Å². The van der Waals surface area contributed by atoms with E-state index < -0.39 is 0 Å². The highest BCUT2D eigenvalue weighted by atomic mass is 16.2. The van der Waals surface area contributed by atoms with E-state index in [-0.39, 0.29) is 29.3 Å². The van der Waals surface area contributed by atoms with Gasteiger partial charge in [-0.15, -0.1) is 0 Å². The van der Waals surface area contributed by atoms with Gasteiger partial charge in [0.2, 0.25) is 5.91 Å². The number of pyridine rings is 1. The van der Waals surface area contributed by atoms with Gasteiger partial charge in [0.05, 0.1) is 6.04 Å². The Morgan fingerprint density at radius 3 is 2.46 bits per heavy atom. The summed E-state index contributed by atoms with van der Waals surface area (Å²) >= 11 is 0. The molecule has 2 aliphatic carbocycles. The van der Waals surface area contributed by atoms with E-state index in [1.807, 2.05) is 42.5 Å². The van der Waals surface area contributed by atoms with Gasteiger partial charge in [-0.05, 0) is 72.4 Å². The molecule has 6 nitrogen and oxygen atoms in total. The van der Waals surface area contributed by atoms with Crippen LogP contribution in [-0.4, -0.2) is 47.9 Å². The molecule has 5 rings (SSSR count). The third kappa shape index (κ3) is 5.68. The maximum absolute atomic E-state index is 13.6. The number of benzene rings is 1. The van der Waals surface area contributed by atoms with E-state index in [9.17, 15) is 9.59 Å². The molecule has 2 heterocycles. The number of nitrogens with one attached hydrogen (secondary N) is 1. The number of aromatic nitrogens is 1. The standard InChI is InChI=1S/C31H42N4O2/c1-31(2)21-28(33-29(36)11-8-22-6-4-5-7-22)26-20-23(9-10-27(26)31)30(37)34(3)24-14-18-35(19-15-24)25-12-16-32-17-13-25/h9-10,12-13,16-17,20,22,24,28H,4-8,11,14-15,18-19,21H2,1-3H3,(H,33,36). The molecule has 0 bridgehead atoms. The first-order chi connectivity index (χ1) is 17.8. The zero-order valence-corrected chi connectivity index (χ0v) is 22.7.